The molecule has 0 amide bonds. The predicted octanol–water partition coefficient (Wildman–Crippen LogP) is 1.17. The van der Waals surface area contributed by atoms with Crippen molar-refractivity contribution in [3.05, 3.63) is 0 Å². The van der Waals surface area contributed by atoms with Gasteiger partial charge in [-0.15, -0.1) is 0 Å². The first-order valence-corrected chi connectivity index (χ1v) is 8.55. The molecular formula is C13H29N3O2S. The van der Waals surface area contributed by atoms with E-state index in [1.165, 1.54) is 0 Å². The average molecular weight is 291 g/mol. The summed E-state index contributed by atoms with van der Waals surface area (Å²) in [6.45, 7) is 10.6. The first-order valence-electron chi connectivity index (χ1n) is 7.11. The third kappa shape index (κ3) is 5.02. The number of nitrogens with zero attached hydrogens (tertiary/aromatic N) is 1. The lowest BCUT2D eigenvalue weighted by Crippen LogP contribution is -2.48. The molecular weight excluding hydrogens is 262 g/mol. The van der Waals surface area contributed by atoms with Gasteiger partial charge in [0.2, 0.25) is 0 Å². The molecule has 3 N–H and O–H groups in total. The second-order valence-electron chi connectivity index (χ2n) is 6.72. The monoisotopic (exact) mass is 291 g/mol. The molecule has 2 unspecified atom stereocenters. The average Bonchev–Trinajstić information content (AvgIpc) is 2.35. The Labute approximate surface area is 118 Å². The third-order valence-corrected chi connectivity index (χ3v) is 5.75. The van der Waals surface area contributed by atoms with Gasteiger partial charge in [-0.3, -0.25) is 0 Å². The van der Waals surface area contributed by atoms with Gasteiger partial charge in [0.1, 0.15) is 0 Å². The molecule has 19 heavy (non-hydrogen) atoms. The fourth-order valence-electron chi connectivity index (χ4n) is 2.07. The van der Waals surface area contributed by atoms with Gasteiger partial charge < -0.3 is 5.73 Å². The van der Waals surface area contributed by atoms with Gasteiger partial charge >= 0.3 is 0 Å². The Balaban J connectivity index is 2.56. The van der Waals surface area contributed by atoms with E-state index in [1.54, 1.807) is 4.31 Å². The van der Waals surface area contributed by atoms with Crippen molar-refractivity contribution in [3.8, 4) is 0 Å². The number of rotatable bonds is 5. The molecule has 0 aromatic rings. The SMILES string of the molecule is CC(CNS(=O)(=O)N1CCCC(CN)C1)C(C)(C)C. The maximum absolute atomic E-state index is 12.3. The highest BCUT2D eigenvalue weighted by molar-refractivity contribution is 7.87. The smallest absolute Gasteiger partial charge is 0.279 e. The Hall–Kier alpha value is -0.170. The van der Waals surface area contributed by atoms with Crippen LogP contribution in [0.3, 0.4) is 0 Å². The van der Waals surface area contributed by atoms with Crippen LogP contribution in [0.5, 0.6) is 0 Å². The normalized spacial score (nSPS) is 24.4. The Kier molecular flexibility index (Phi) is 5.79. The number of nitrogens with two attached hydrogens (primary N) is 1. The first-order chi connectivity index (χ1) is 8.66. The van der Waals surface area contributed by atoms with Crippen molar-refractivity contribution < 1.29 is 8.42 Å². The highest BCUT2D eigenvalue weighted by atomic mass is 32.2. The molecule has 2 atom stereocenters. The number of piperidine rings is 1. The lowest BCUT2D eigenvalue weighted by atomic mass is 9.82. The minimum Gasteiger partial charge on any atom is -0.330 e. The lowest BCUT2D eigenvalue weighted by Gasteiger charge is -2.33. The molecule has 1 aliphatic heterocycles. The van der Waals surface area contributed by atoms with E-state index in [-0.39, 0.29) is 11.3 Å². The van der Waals surface area contributed by atoms with Gasteiger partial charge in [-0.2, -0.15) is 12.7 Å². The van der Waals surface area contributed by atoms with Gasteiger partial charge in [-0.05, 0) is 36.6 Å². The maximum atomic E-state index is 12.3. The van der Waals surface area contributed by atoms with Crippen LogP contribution in [0, 0.1) is 17.3 Å². The van der Waals surface area contributed by atoms with Gasteiger partial charge in [0.25, 0.3) is 10.2 Å². The summed E-state index contributed by atoms with van der Waals surface area (Å²) in [4.78, 5) is 0. The zero-order chi connectivity index (χ0) is 14.7. The maximum Gasteiger partial charge on any atom is 0.279 e. The van der Waals surface area contributed by atoms with E-state index in [1.807, 2.05) is 0 Å². The Morgan fingerprint density at radius 2 is 2.05 bits per heavy atom. The van der Waals surface area contributed by atoms with Crippen molar-refractivity contribution in [2.45, 2.75) is 40.5 Å². The Morgan fingerprint density at radius 3 is 2.58 bits per heavy atom. The second-order valence-corrected chi connectivity index (χ2v) is 8.48. The Bertz CT molecular complexity index is 376. The molecule has 0 aliphatic carbocycles. The van der Waals surface area contributed by atoms with Gasteiger partial charge in [0, 0.05) is 19.6 Å². The van der Waals surface area contributed by atoms with Crippen LogP contribution in [0.15, 0.2) is 0 Å². The van der Waals surface area contributed by atoms with E-state index in [2.05, 4.69) is 32.4 Å². The summed E-state index contributed by atoms with van der Waals surface area (Å²) in [5.41, 5.74) is 5.75. The van der Waals surface area contributed by atoms with Gasteiger partial charge in [0.15, 0.2) is 0 Å². The van der Waals surface area contributed by atoms with Crippen LogP contribution >= 0.6 is 0 Å². The van der Waals surface area contributed by atoms with Crippen LogP contribution in [-0.2, 0) is 10.2 Å². The molecule has 0 bridgehead atoms. The molecule has 0 radical (unpaired) electrons. The molecule has 1 rings (SSSR count). The summed E-state index contributed by atoms with van der Waals surface area (Å²) >= 11 is 0. The summed E-state index contributed by atoms with van der Waals surface area (Å²) in [6, 6.07) is 0. The highest BCUT2D eigenvalue weighted by Gasteiger charge is 2.29. The van der Waals surface area contributed by atoms with E-state index in [9.17, 15) is 8.42 Å². The van der Waals surface area contributed by atoms with E-state index in [0.29, 0.717) is 32.1 Å². The summed E-state index contributed by atoms with van der Waals surface area (Å²) < 4.78 is 28.8. The molecule has 0 spiro atoms. The quantitative estimate of drug-likeness (QED) is 0.798. The van der Waals surface area contributed by atoms with Crippen molar-refractivity contribution in [3.63, 3.8) is 0 Å². The largest absolute Gasteiger partial charge is 0.330 e. The molecule has 1 fully saturated rings. The van der Waals surface area contributed by atoms with Crippen LogP contribution in [0.1, 0.15) is 40.5 Å². The van der Waals surface area contributed by atoms with E-state index in [0.717, 1.165) is 12.8 Å². The molecule has 0 saturated carbocycles. The molecule has 1 saturated heterocycles. The van der Waals surface area contributed by atoms with E-state index >= 15 is 0 Å². The molecule has 1 aliphatic rings. The predicted molar refractivity (Wildman–Crippen MR) is 78.9 cm³/mol. The topological polar surface area (TPSA) is 75.4 Å². The summed E-state index contributed by atoms with van der Waals surface area (Å²) in [5.74, 6) is 0.586. The molecule has 0 aromatic carbocycles. The fraction of sp³-hybridized carbons (Fsp3) is 1.00. The zero-order valence-corrected chi connectivity index (χ0v) is 13.5. The zero-order valence-electron chi connectivity index (χ0n) is 12.6. The standard InChI is InChI=1S/C13H29N3O2S/c1-11(13(2,3)4)9-15-19(17,18)16-7-5-6-12(8-14)10-16/h11-12,15H,5-10,14H2,1-4H3. The summed E-state index contributed by atoms with van der Waals surface area (Å²) in [7, 11) is -3.35. The summed E-state index contributed by atoms with van der Waals surface area (Å²) in [6.07, 6.45) is 1.93. The molecule has 0 aromatic heterocycles. The van der Waals surface area contributed by atoms with Gasteiger partial charge in [-0.25, -0.2) is 4.72 Å². The number of hydrogen-bond acceptors (Lipinski definition) is 3. The first kappa shape index (κ1) is 16.9. The van der Waals surface area contributed by atoms with Crippen molar-refractivity contribution in [2.75, 3.05) is 26.2 Å². The molecule has 5 nitrogen and oxygen atoms in total. The van der Waals surface area contributed by atoms with Crippen LogP contribution < -0.4 is 10.5 Å². The third-order valence-electron chi connectivity index (χ3n) is 4.21. The Morgan fingerprint density at radius 1 is 1.42 bits per heavy atom. The lowest BCUT2D eigenvalue weighted by molar-refractivity contribution is 0.251. The van der Waals surface area contributed by atoms with Crippen LogP contribution in [-0.4, -0.2) is 38.9 Å². The molecule has 6 heteroatoms. The van der Waals surface area contributed by atoms with Crippen LogP contribution in [0.25, 0.3) is 0 Å². The highest BCUT2D eigenvalue weighted by Crippen LogP contribution is 2.25. The van der Waals surface area contributed by atoms with Gasteiger partial charge in [0.05, 0.1) is 0 Å². The van der Waals surface area contributed by atoms with Crippen molar-refractivity contribution >= 4 is 10.2 Å². The van der Waals surface area contributed by atoms with E-state index in [4.69, 9.17) is 5.73 Å². The molecule has 114 valence electrons. The number of hydrogen-bond donors (Lipinski definition) is 2. The van der Waals surface area contributed by atoms with Crippen molar-refractivity contribution in [2.24, 2.45) is 23.0 Å². The van der Waals surface area contributed by atoms with Crippen LogP contribution in [0.4, 0.5) is 0 Å². The van der Waals surface area contributed by atoms with Crippen molar-refractivity contribution in [1.82, 2.24) is 9.03 Å². The minimum atomic E-state index is -3.35. The van der Waals surface area contributed by atoms with Crippen LogP contribution in [0.2, 0.25) is 0 Å². The fourth-order valence-corrected chi connectivity index (χ4v) is 3.49. The second kappa shape index (κ2) is 6.52. The van der Waals surface area contributed by atoms with E-state index < -0.39 is 10.2 Å². The summed E-state index contributed by atoms with van der Waals surface area (Å²) in [5, 5.41) is 0. The minimum absolute atomic E-state index is 0.101. The number of nitrogens with one attached hydrogen (secondary N) is 1. The van der Waals surface area contributed by atoms with Crippen molar-refractivity contribution in [1.29, 1.82) is 0 Å². The van der Waals surface area contributed by atoms with Gasteiger partial charge in [-0.1, -0.05) is 27.7 Å². The molecule has 1 heterocycles.